The zero-order valence-electron chi connectivity index (χ0n) is 16.2. The van der Waals surface area contributed by atoms with Crippen LogP contribution < -0.4 is 9.86 Å². The summed E-state index contributed by atoms with van der Waals surface area (Å²) in [6.07, 6.45) is 0. The first-order valence-electron chi connectivity index (χ1n) is 9.04. The van der Waals surface area contributed by atoms with Crippen molar-refractivity contribution in [1.82, 2.24) is 19.6 Å². The Hall–Kier alpha value is -3.17. The van der Waals surface area contributed by atoms with Crippen molar-refractivity contribution in [3.63, 3.8) is 0 Å². The first-order chi connectivity index (χ1) is 14.2. The predicted octanol–water partition coefficient (Wildman–Crippen LogP) is 3.08. The standard InChI is InChI=1S/C20H18ClN5O3S/c1-13-3-7-16(8-4-13)25(30(28,29)17-9-5-15(21)6-10-17)12-18-23-20-22-14(2)11-19(27)26(20)24-18/h3-11H,12H2,1-2H3,(H,22,23,24). The van der Waals surface area contributed by atoms with Gasteiger partial charge >= 0.3 is 0 Å². The van der Waals surface area contributed by atoms with Crippen LogP contribution in [0.5, 0.6) is 0 Å². The molecule has 4 aromatic rings. The molecule has 0 fully saturated rings. The van der Waals surface area contributed by atoms with Gasteiger partial charge in [0, 0.05) is 16.8 Å². The van der Waals surface area contributed by atoms with Gasteiger partial charge in [-0.05, 0) is 50.2 Å². The quantitative estimate of drug-likeness (QED) is 0.510. The molecule has 1 N–H and O–H groups in total. The van der Waals surface area contributed by atoms with Crippen LogP contribution in [0.25, 0.3) is 5.78 Å². The number of halogens is 1. The van der Waals surface area contributed by atoms with Crippen molar-refractivity contribution in [2.24, 2.45) is 0 Å². The van der Waals surface area contributed by atoms with Gasteiger partial charge in [-0.1, -0.05) is 29.3 Å². The maximum absolute atomic E-state index is 13.4. The number of benzene rings is 2. The maximum Gasteiger partial charge on any atom is 0.274 e. The second-order valence-corrected chi connectivity index (χ2v) is 9.14. The van der Waals surface area contributed by atoms with Crippen LogP contribution in [0.4, 0.5) is 5.69 Å². The predicted molar refractivity (Wildman–Crippen MR) is 114 cm³/mol. The number of rotatable bonds is 5. The van der Waals surface area contributed by atoms with Gasteiger partial charge in [0.2, 0.25) is 0 Å². The molecule has 0 atom stereocenters. The molecule has 0 aliphatic carbocycles. The Morgan fingerprint density at radius 3 is 2.37 bits per heavy atom. The van der Waals surface area contributed by atoms with E-state index in [1.54, 1.807) is 19.1 Å². The lowest BCUT2D eigenvalue weighted by atomic mass is 10.2. The Morgan fingerprint density at radius 2 is 1.70 bits per heavy atom. The van der Waals surface area contributed by atoms with Gasteiger partial charge in [-0.3, -0.25) is 14.2 Å². The number of aromatic nitrogens is 4. The number of aryl methyl sites for hydroxylation is 2. The van der Waals surface area contributed by atoms with Crippen LogP contribution >= 0.6 is 11.6 Å². The van der Waals surface area contributed by atoms with Crippen molar-refractivity contribution in [1.29, 1.82) is 0 Å². The van der Waals surface area contributed by atoms with E-state index in [9.17, 15) is 13.2 Å². The Bertz CT molecular complexity index is 1380. The number of nitrogens with zero attached hydrogens (tertiary/aromatic N) is 4. The van der Waals surface area contributed by atoms with Gasteiger partial charge in [0.15, 0.2) is 0 Å². The Kier molecular flexibility index (Phi) is 5.08. The first kappa shape index (κ1) is 20.1. The number of sulfonamides is 1. The topological polar surface area (TPSA) is 100 Å². The van der Waals surface area contributed by atoms with Gasteiger partial charge < -0.3 is 0 Å². The highest BCUT2D eigenvalue weighted by atomic mass is 35.5. The molecule has 0 spiro atoms. The minimum atomic E-state index is -3.93. The van der Waals surface area contributed by atoms with E-state index in [1.807, 2.05) is 19.1 Å². The van der Waals surface area contributed by atoms with Crippen molar-refractivity contribution in [2.75, 3.05) is 4.31 Å². The van der Waals surface area contributed by atoms with Crippen LogP contribution in [-0.4, -0.2) is 28.0 Å². The highest BCUT2D eigenvalue weighted by molar-refractivity contribution is 7.92. The molecule has 30 heavy (non-hydrogen) atoms. The molecule has 10 heteroatoms. The molecule has 4 rings (SSSR count). The third-order valence-electron chi connectivity index (χ3n) is 4.52. The first-order valence-corrected chi connectivity index (χ1v) is 10.9. The molecule has 8 nitrogen and oxygen atoms in total. The summed E-state index contributed by atoms with van der Waals surface area (Å²) < 4.78 is 29.3. The van der Waals surface area contributed by atoms with Gasteiger partial charge in [-0.2, -0.15) is 9.50 Å². The highest BCUT2D eigenvalue weighted by Crippen LogP contribution is 2.26. The van der Waals surface area contributed by atoms with Gasteiger partial charge in [0.25, 0.3) is 21.4 Å². The van der Waals surface area contributed by atoms with Crippen molar-refractivity contribution >= 4 is 33.1 Å². The number of aromatic amines is 1. The fraction of sp³-hybridized carbons (Fsp3) is 0.150. The third-order valence-corrected chi connectivity index (χ3v) is 6.56. The fourth-order valence-corrected chi connectivity index (χ4v) is 4.56. The second-order valence-electron chi connectivity index (χ2n) is 6.84. The van der Waals surface area contributed by atoms with Crippen LogP contribution in [-0.2, 0) is 16.6 Å². The van der Waals surface area contributed by atoms with E-state index in [4.69, 9.17) is 11.6 Å². The van der Waals surface area contributed by atoms with Crippen molar-refractivity contribution in [3.05, 3.63) is 87.1 Å². The summed E-state index contributed by atoms with van der Waals surface area (Å²) in [4.78, 5) is 20.8. The molecule has 0 unspecified atom stereocenters. The third kappa shape index (κ3) is 3.81. The van der Waals surface area contributed by atoms with Crippen molar-refractivity contribution in [3.8, 4) is 0 Å². The van der Waals surface area contributed by atoms with Crippen LogP contribution in [0.15, 0.2) is 64.3 Å². The number of H-pyrrole nitrogens is 1. The molecule has 0 amide bonds. The Labute approximate surface area is 177 Å². The molecule has 0 bridgehead atoms. The van der Waals surface area contributed by atoms with Crippen molar-refractivity contribution in [2.45, 2.75) is 25.3 Å². The molecule has 2 heterocycles. The molecule has 0 radical (unpaired) electrons. The average molecular weight is 444 g/mol. The Balaban J connectivity index is 1.82. The number of hydrogen-bond donors (Lipinski definition) is 1. The van der Waals surface area contributed by atoms with Gasteiger partial charge in [-0.25, -0.2) is 13.4 Å². The van der Waals surface area contributed by atoms with E-state index in [0.717, 1.165) is 5.56 Å². The molecule has 0 saturated carbocycles. The molecule has 2 aromatic carbocycles. The molecule has 2 aromatic heterocycles. The van der Waals surface area contributed by atoms with E-state index in [-0.39, 0.29) is 28.6 Å². The lowest BCUT2D eigenvalue weighted by Gasteiger charge is -2.23. The second kappa shape index (κ2) is 7.58. The summed E-state index contributed by atoms with van der Waals surface area (Å²) in [5.74, 6) is 0.464. The smallest absolute Gasteiger partial charge is 0.273 e. The summed E-state index contributed by atoms with van der Waals surface area (Å²) in [6.45, 7) is 3.50. The zero-order valence-corrected chi connectivity index (χ0v) is 17.8. The molecule has 154 valence electrons. The number of nitrogens with one attached hydrogen (secondary N) is 1. The van der Waals surface area contributed by atoms with Gasteiger partial charge in [0.1, 0.15) is 5.82 Å². The van der Waals surface area contributed by atoms with E-state index in [1.165, 1.54) is 39.2 Å². The van der Waals surface area contributed by atoms with E-state index in [0.29, 0.717) is 16.4 Å². The monoisotopic (exact) mass is 443 g/mol. The molecular weight excluding hydrogens is 426 g/mol. The maximum atomic E-state index is 13.4. The summed E-state index contributed by atoms with van der Waals surface area (Å²) in [6, 6.07) is 14.4. The van der Waals surface area contributed by atoms with Crippen LogP contribution in [0.1, 0.15) is 17.1 Å². The zero-order chi connectivity index (χ0) is 21.5. The molecule has 0 aliphatic heterocycles. The fourth-order valence-electron chi connectivity index (χ4n) is 3.00. The number of anilines is 1. The van der Waals surface area contributed by atoms with Crippen LogP contribution in [0.2, 0.25) is 5.02 Å². The van der Waals surface area contributed by atoms with Crippen LogP contribution in [0, 0.1) is 13.8 Å². The lowest BCUT2D eigenvalue weighted by molar-refractivity contribution is 0.589. The lowest BCUT2D eigenvalue weighted by Crippen LogP contribution is -2.31. The molecular formula is C20H18ClN5O3S. The number of hydrogen-bond acceptors (Lipinski definition) is 5. The minimum Gasteiger partial charge on any atom is -0.273 e. The highest BCUT2D eigenvalue weighted by Gasteiger charge is 2.26. The van der Waals surface area contributed by atoms with E-state index >= 15 is 0 Å². The minimum absolute atomic E-state index is 0.0923. The number of fused-ring (bicyclic) bond motifs is 1. The average Bonchev–Trinajstić information content (AvgIpc) is 3.10. The Morgan fingerprint density at radius 1 is 1.03 bits per heavy atom. The van der Waals surface area contributed by atoms with E-state index < -0.39 is 10.0 Å². The molecule has 0 aliphatic rings. The van der Waals surface area contributed by atoms with Crippen molar-refractivity contribution < 1.29 is 8.42 Å². The summed E-state index contributed by atoms with van der Waals surface area (Å²) >= 11 is 5.92. The summed E-state index contributed by atoms with van der Waals surface area (Å²) in [5, 5.41) is 3.28. The largest absolute Gasteiger partial charge is 0.274 e. The SMILES string of the molecule is Cc1ccc(N(Cc2nc3nc(C)cc(=O)n3[nH]2)S(=O)(=O)c2ccc(Cl)cc2)cc1. The summed E-state index contributed by atoms with van der Waals surface area (Å²) in [7, 11) is -3.93. The van der Waals surface area contributed by atoms with Gasteiger partial charge in [0.05, 0.1) is 17.1 Å². The normalized spacial score (nSPS) is 11.7. The van der Waals surface area contributed by atoms with Crippen LogP contribution in [0.3, 0.4) is 0 Å². The van der Waals surface area contributed by atoms with Gasteiger partial charge in [-0.15, -0.1) is 0 Å². The molecule has 0 saturated heterocycles. The van der Waals surface area contributed by atoms with E-state index in [2.05, 4.69) is 15.1 Å². The summed E-state index contributed by atoms with van der Waals surface area (Å²) in [5.41, 5.74) is 1.67.